The van der Waals surface area contributed by atoms with Crippen LogP contribution in [0.5, 0.6) is 0 Å². The molecule has 5 amide bonds. The average molecular weight is 408 g/mol. The largest absolute Gasteiger partial charge is 0.357 e. The van der Waals surface area contributed by atoms with Crippen LogP contribution in [0.3, 0.4) is 0 Å². The molecule has 0 unspecified atom stereocenters. The van der Waals surface area contributed by atoms with Gasteiger partial charge in [-0.3, -0.25) is 24.0 Å². The van der Waals surface area contributed by atoms with Gasteiger partial charge in [0, 0.05) is 25.5 Å². The molecule has 0 bridgehead atoms. The lowest BCUT2D eigenvalue weighted by Crippen LogP contribution is -2.54. The predicted molar refractivity (Wildman–Crippen MR) is 102 cm³/mol. The summed E-state index contributed by atoms with van der Waals surface area (Å²) in [6.45, 7) is 2.31. The van der Waals surface area contributed by atoms with Gasteiger partial charge in [-0.1, -0.05) is 0 Å². The van der Waals surface area contributed by atoms with Gasteiger partial charge in [-0.25, -0.2) is 0 Å². The number of carbonyl (C=O) groups excluding carboxylic acids is 5. The first kappa shape index (κ1) is 24.1. The second-order valence-electron chi connectivity index (χ2n) is 5.30. The van der Waals surface area contributed by atoms with Crippen molar-refractivity contribution in [1.82, 2.24) is 26.6 Å². The SMILES string of the molecule is CNC(=O)[C@H](CS)NC(=O)[C@@H](C)NC(=O)CNC(=O)[C@H](CS)NC(C)=O. The first-order valence-corrected chi connectivity index (χ1v) is 9.00. The zero-order chi connectivity index (χ0) is 20.3. The zero-order valence-electron chi connectivity index (χ0n) is 14.8. The van der Waals surface area contributed by atoms with Crippen LogP contribution in [0.1, 0.15) is 13.8 Å². The van der Waals surface area contributed by atoms with Crippen molar-refractivity contribution in [2.75, 3.05) is 25.1 Å². The third-order valence-corrected chi connectivity index (χ3v) is 3.86. The number of likely N-dealkylation sites (N-methyl/N-ethyl adjacent to an activating group) is 1. The minimum absolute atomic E-state index is 0.0659. The van der Waals surface area contributed by atoms with Crippen molar-refractivity contribution in [2.24, 2.45) is 0 Å². The first-order chi connectivity index (χ1) is 12.2. The average Bonchev–Trinajstić information content (AvgIpc) is 2.60. The standard InChI is InChI=1S/C14H25N5O5S2/c1-7(12(22)19-9(5-25)13(23)15-3)17-11(21)4-16-14(24)10(6-26)18-8(2)20/h7,9-10,25-26H,4-6H2,1-3H3,(H,15,23)(H,16,24)(H,17,21)(H,18,20)(H,19,22)/t7-,9+,10+/m1/s1. The van der Waals surface area contributed by atoms with Gasteiger partial charge in [0.25, 0.3) is 0 Å². The van der Waals surface area contributed by atoms with Crippen molar-refractivity contribution in [3.05, 3.63) is 0 Å². The van der Waals surface area contributed by atoms with Gasteiger partial charge in [0.1, 0.15) is 18.1 Å². The summed E-state index contributed by atoms with van der Waals surface area (Å²) in [5.74, 6) is -2.40. The second kappa shape index (κ2) is 12.4. The van der Waals surface area contributed by atoms with Crippen molar-refractivity contribution in [2.45, 2.75) is 32.0 Å². The Labute approximate surface area is 162 Å². The third kappa shape index (κ3) is 8.94. The summed E-state index contributed by atoms with van der Waals surface area (Å²) < 4.78 is 0. The summed E-state index contributed by atoms with van der Waals surface area (Å²) in [6, 6.07) is -2.63. The van der Waals surface area contributed by atoms with Crippen molar-refractivity contribution < 1.29 is 24.0 Å². The van der Waals surface area contributed by atoms with Gasteiger partial charge in [-0.2, -0.15) is 25.3 Å². The molecule has 0 heterocycles. The summed E-state index contributed by atoms with van der Waals surface area (Å²) in [7, 11) is 1.43. The molecule has 0 rings (SSSR count). The molecular formula is C14H25N5O5S2. The Morgan fingerprint density at radius 3 is 1.85 bits per heavy atom. The zero-order valence-corrected chi connectivity index (χ0v) is 16.6. The molecule has 0 spiro atoms. The van der Waals surface area contributed by atoms with Crippen LogP contribution in [0, 0.1) is 0 Å². The maximum absolute atomic E-state index is 12.0. The van der Waals surface area contributed by atoms with Crippen LogP contribution in [0.4, 0.5) is 0 Å². The molecule has 0 aromatic heterocycles. The molecule has 0 fully saturated rings. The fourth-order valence-electron chi connectivity index (χ4n) is 1.75. The minimum Gasteiger partial charge on any atom is -0.357 e. The number of hydrogen-bond acceptors (Lipinski definition) is 7. The maximum atomic E-state index is 12.0. The highest BCUT2D eigenvalue weighted by Gasteiger charge is 2.23. The van der Waals surface area contributed by atoms with E-state index in [4.69, 9.17) is 0 Å². The highest BCUT2D eigenvalue weighted by atomic mass is 32.1. The van der Waals surface area contributed by atoms with E-state index >= 15 is 0 Å². The molecule has 0 radical (unpaired) electrons. The summed E-state index contributed by atoms with van der Waals surface area (Å²) >= 11 is 7.94. The third-order valence-electron chi connectivity index (χ3n) is 3.13. The molecule has 26 heavy (non-hydrogen) atoms. The van der Waals surface area contributed by atoms with Crippen LogP contribution < -0.4 is 26.6 Å². The van der Waals surface area contributed by atoms with Gasteiger partial charge in [0.2, 0.25) is 29.5 Å². The molecule has 148 valence electrons. The van der Waals surface area contributed by atoms with E-state index in [-0.39, 0.29) is 18.1 Å². The molecule has 5 N–H and O–H groups in total. The quantitative estimate of drug-likeness (QED) is 0.196. The number of rotatable bonds is 10. The minimum atomic E-state index is -0.928. The Hall–Kier alpha value is -1.95. The molecular weight excluding hydrogens is 382 g/mol. The van der Waals surface area contributed by atoms with Crippen LogP contribution in [0.2, 0.25) is 0 Å². The van der Waals surface area contributed by atoms with E-state index < -0.39 is 47.7 Å². The molecule has 0 aromatic carbocycles. The van der Waals surface area contributed by atoms with E-state index in [0.29, 0.717) is 0 Å². The molecule has 0 saturated heterocycles. The summed E-state index contributed by atoms with van der Waals surface area (Å²) in [5, 5.41) is 12.0. The van der Waals surface area contributed by atoms with Crippen LogP contribution in [-0.4, -0.2) is 72.8 Å². The summed E-state index contributed by atoms with van der Waals surface area (Å²) in [6.07, 6.45) is 0. The molecule has 0 aliphatic rings. The Balaban J connectivity index is 4.45. The second-order valence-corrected chi connectivity index (χ2v) is 6.03. The smallest absolute Gasteiger partial charge is 0.243 e. The van der Waals surface area contributed by atoms with Gasteiger partial charge >= 0.3 is 0 Å². The summed E-state index contributed by atoms with van der Waals surface area (Å²) in [4.78, 5) is 58.2. The van der Waals surface area contributed by atoms with Crippen LogP contribution in [-0.2, 0) is 24.0 Å². The lowest BCUT2D eigenvalue weighted by molar-refractivity contribution is -0.132. The fraction of sp³-hybridized carbons (Fsp3) is 0.643. The van der Waals surface area contributed by atoms with E-state index in [1.54, 1.807) is 0 Å². The Morgan fingerprint density at radius 1 is 0.846 bits per heavy atom. The Kier molecular flexibility index (Phi) is 11.5. The van der Waals surface area contributed by atoms with Gasteiger partial charge in [0.15, 0.2) is 0 Å². The predicted octanol–water partition coefficient (Wildman–Crippen LogP) is -2.80. The van der Waals surface area contributed by atoms with E-state index in [0.717, 1.165) is 0 Å². The van der Waals surface area contributed by atoms with Gasteiger partial charge in [0.05, 0.1) is 6.54 Å². The monoisotopic (exact) mass is 407 g/mol. The van der Waals surface area contributed by atoms with E-state index in [9.17, 15) is 24.0 Å². The van der Waals surface area contributed by atoms with Crippen molar-refractivity contribution in [3.63, 3.8) is 0 Å². The summed E-state index contributed by atoms with van der Waals surface area (Å²) in [5.41, 5.74) is 0. The van der Waals surface area contributed by atoms with E-state index in [1.807, 2.05) is 0 Å². The topological polar surface area (TPSA) is 146 Å². The molecule has 10 nitrogen and oxygen atoms in total. The Morgan fingerprint density at radius 2 is 1.38 bits per heavy atom. The van der Waals surface area contributed by atoms with Crippen molar-refractivity contribution in [3.8, 4) is 0 Å². The van der Waals surface area contributed by atoms with Crippen molar-refractivity contribution in [1.29, 1.82) is 0 Å². The molecule has 0 aliphatic heterocycles. The molecule has 0 aliphatic carbocycles. The number of hydrogen-bond donors (Lipinski definition) is 7. The van der Waals surface area contributed by atoms with Gasteiger partial charge in [-0.15, -0.1) is 0 Å². The van der Waals surface area contributed by atoms with E-state index in [1.165, 1.54) is 20.9 Å². The number of nitrogens with one attached hydrogen (secondary N) is 5. The number of amides is 5. The van der Waals surface area contributed by atoms with Crippen LogP contribution in [0.25, 0.3) is 0 Å². The lowest BCUT2D eigenvalue weighted by Gasteiger charge is -2.19. The van der Waals surface area contributed by atoms with Crippen LogP contribution in [0.15, 0.2) is 0 Å². The van der Waals surface area contributed by atoms with E-state index in [2.05, 4.69) is 51.8 Å². The normalized spacial score (nSPS) is 13.6. The maximum Gasteiger partial charge on any atom is 0.243 e. The van der Waals surface area contributed by atoms with Gasteiger partial charge < -0.3 is 26.6 Å². The fourth-order valence-corrected chi connectivity index (χ4v) is 2.27. The highest BCUT2D eigenvalue weighted by Crippen LogP contribution is 1.92. The first-order valence-electron chi connectivity index (χ1n) is 7.74. The highest BCUT2D eigenvalue weighted by molar-refractivity contribution is 7.80. The molecule has 12 heteroatoms. The van der Waals surface area contributed by atoms with Crippen molar-refractivity contribution >= 4 is 54.8 Å². The Bertz CT molecular complexity index is 546. The van der Waals surface area contributed by atoms with Gasteiger partial charge in [-0.05, 0) is 6.92 Å². The molecule has 0 aromatic rings. The van der Waals surface area contributed by atoms with Crippen LogP contribution >= 0.6 is 25.3 Å². The number of carbonyl (C=O) groups is 5. The number of thiol groups is 2. The lowest BCUT2D eigenvalue weighted by atomic mass is 10.2. The molecule has 3 atom stereocenters. The molecule has 0 saturated carbocycles.